The molecule has 0 aromatic carbocycles. The Morgan fingerprint density at radius 2 is 0.893 bits per heavy atom. The molecule has 1 rings (SSSR count). The molecule has 1 aliphatic heterocycles. The average Bonchev–Trinajstić information content (AvgIpc) is 2.54. The van der Waals surface area contributed by atoms with Crippen molar-refractivity contribution in [1.82, 2.24) is 0 Å². The predicted octanol–water partition coefficient (Wildman–Crippen LogP) is -0.325. The van der Waals surface area contributed by atoms with Crippen molar-refractivity contribution in [2.75, 3.05) is 13.2 Å². The van der Waals surface area contributed by atoms with E-state index in [1.54, 1.807) is 0 Å². The summed E-state index contributed by atoms with van der Waals surface area (Å²) in [6.45, 7) is 5.03. The zero-order chi connectivity index (χ0) is 21.4. The molecule has 0 radical (unpaired) electrons. The van der Waals surface area contributed by atoms with Gasteiger partial charge in [0.05, 0.1) is 0 Å². The number of esters is 5. The summed E-state index contributed by atoms with van der Waals surface area (Å²) in [6, 6.07) is 0. The second-order valence-corrected chi connectivity index (χ2v) is 6.04. The molecule has 0 N–H and O–H groups in total. The van der Waals surface area contributed by atoms with E-state index in [2.05, 4.69) is 0 Å². The summed E-state index contributed by atoms with van der Waals surface area (Å²) >= 11 is 0. The number of carbonyl (C=O) groups is 5. The zero-order valence-electron chi connectivity index (χ0n) is 16.3. The maximum Gasteiger partial charge on any atom is 0.303 e. The highest BCUT2D eigenvalue weighted by molar-refractivity contribution is 5.69. The van der Waals surface area contributed by atoms with Crippen molar-refractivity contribution < 1.29 is 52.4 Å². The number of ether oxygens (including phenoxy) is 6. The van der Waals surface area contributed by atoms with E-state index < -0.39 is 60.4 Å². The predicted molar refractivity (Wildman–Crippen MR) is 88.6 cm³/mol. The lowest BCUT2D eigenvalue weighted by Gasteiger charge is -2.44. The van der Waals surface area contributed by atoms with Gasteiger partial charge in [-0.25, -0.2) is 0 Å². The van der Waals surface area contributed by atoms with E-state index in [0.717, 1.165) is 20.8 Å². The third kappa shape index (κ3) is 7.51. The lowest BCUT2D eigenvalue weighted by molar-refractivity contribution is -0.257. The lowest BCUT2D eigenvalue weighted by atomic mass is 9.94. The van der Waals surface area contributed by atoms with Crippen LogP contribution in [0.3, 0.4) is 0 Å². The van der Waals surface area contributed by atoms with Gasteiger partial charge in [-0.1, -0.05) is 0 Å². The van der Waals surface area contributed by atoms with Gasteiger partial charge in [-0.3, -0.25) is 24.0 Å². The maximum atomic E-state index is 11.6. The molecule has 0 saturated carbocycles. The Hall–Kier alpha value is -2.69. The molecule has 0 spiro atoms. The second-order valence-electron chi connectivity index (χ2n) is 6.04. The second kappa shape index (κ2) is 10.6. The van der Waals surface area contributed by atoms with Gasteiger partial charge in [0.2, 0.25) is 0 Å². The molecular formula is C17H24O11. The van der Waals surface area contributed by atoms with Crippen LogP contribution in [-0.2, 0) is 52.4 Å². The number of carbonyl (C=O) groups excluding carboxylic acids is 5. The van der Waals surface area contributed by atoms with Crippen LogP contribution in [-0.4, -0.2) is 73.6 Å². The van der Waals surface area contributed by atoms with E-state index in [9.17, 15) is 24.0 Å². The van der Waals surface area contributed by atoms with Crippen LogP contribution in [0.25, 0.3) is 0 Å². The molecule has 28 heavy (non-hydrogen) atoms. The van der Waals surface area contributed by atoms with Crippen LogP contribution >= 0.6 is 0 Å². The van der Waals surface area contributed by atoms with Crippen molar-refractivity contribution in [3.05, 3.63) is 0 Å². The summed E-state index contributed by atoms with van der Waals surface area (Å²) in [5.74, 6) is -3.42. The summed E-state index contributed by atoms with van der Waals surface area (Å²) in [6.07, 6.45) is -5.88. The maximum absolute atomic E-state index is 11.6. The van der Waals surface area contributed by atoms with E-state index in [0.29, 0.717) is 0 Å². The molecule has 0 aliphatic carbocycles. The van der Waals surface area contributed by atoms with Gasteiger partial charge < -0.3 is 28.4 Å². The van der Waals surface area contributed by atoms with E-state index in [1.165, 1.54) is 13.8 Å². The van der Waals surface area contributed by atoms with Crippen LogP contribution < -0.4 is 0 Å². The van der Waals surface area contributed by atoms with Crippen LogP contribution in [0, 0.1) is 0 Å². The minimum Gasteiger partial charge on any atom is -0.463 e. The Bertz CT molecular complexity index is 570. The van der Waals surface area contributed by atoms with E-state index in [1.807, 2.05) is 0 Å². The minimum atomic E-state index is -1.28. The Morgan fingerprint density at radius 3 is 1.18 bits per heavy atom. The summed E-state index contributed by atoms with van der Waals surface area (Å²) < 4.78 is 31.2. The summed E-state index contributed by atoms with van der Waals surface area (Å²) in [5.41, 5.74) is 0. The van der Waals surface area contributed by atoms with Crippen molar-refractivity contribution in [1.29, 1.82) is 0 Å². The van der Waals surface area contributed by atoms with E-state index in [-0.39, 0.29) is 13.2 Å². The van der Waals surface area contributed by atoms with Gasteiger partial charge >= 0.3 is 29.8 Å². The first-order valence-electron chi connectivity index (χ1n) is 8.45. The molecule has 0 aromatic heterocycles. The highest BCUT2D eigenvalue weighted by Crippen LogP contribution is 2.29. The SMILES string of the molecule is CC(=O)OC[C@@H]1O[C@H](COC(C)=O)[C@H](OC(C)=O)C(OC(C)=O)[C@H]1OC(C)=O. The third-order valence-corrected chi connectivity index (χ3v) is 3.54. The van der Waals surface area contributed by atoms with E-state index in [4.69, 9.17) is 28.4 Å². The summed E-state index contributed by atoms with van der Waals surface area (Å²) in [4.78, 5) is 57.0. The molecule has 1 heterocycles. The fraction of sp³-hybridized carbons (Fsp3) is 0.706. The molecule has 158 valence electrons. The Balaban J connectivity index is 3.26. The van der Waals surface area contributed by atoms with Crippen LogP contribution in [0.2, 0.25) is 0 Å². The van der Waals surface area contributed by atoms with Crippen molar-refractivity contribution in [3.8, 4) is 0 Å². The topological polar surface area (TPSA) is 141 Å². The van der Waals surface area contributed by atoms with Crippen LogP contribution in [0.4, 0.5) is 0 Å². The molecule has 1 unspecified atom stereocenters. The Morgan fingerprint density at radius 1 is 0.571 bits per heavy atom. The molecule has 0 aromatic rings. The Kier molecular flexibility index (Phi) is 8.83. The highest BCUT2D eigenvalue weighted by Gasteiger charge is 2.52. The average molecular weight is 404 g/mol. The molecule has 1 aliphatic rings. The third-order valence-electron chi connectivity index (χ3n) is 3.54. The van der Waals surface area contributed by atoms with Crippen molar-refractivity contribution in [2.24, 2.45) is 0 Å². The summed E-state index contributed by atoms with van der Waals surface area (Å²) in [7, 11) is 0. The first-order chi connectivity index (χ1) is 13.0. The fourth-order valence-corrected chi connectivity index (χ4v) is 2.65. The van der Waals surface area contributed by atoms with Crippen molar-refractivity contribution in [3.63, 3.8) is 0 Å². The standard InChI is InChI=1S/C17H24O11/c1-8(18)23-6-13-15(25-10(3)20)17(27-12(5)22)16(26-11(4)21)14(28-13)7-24-9(2)19/h13-17H,6-7H2,1-5H3/t13-,14+,15-,16-,17?/m0/s1. The molecule has 0 bridgehead atoms. The highest BCUT2D eigenvalue weighted by atomic mass is 16.7. The van der Waals surface area contributed by atoms with Gasteiger partial charge in [-0.2, -0.15) is 0 Å². The zero-order valence-corrected chi connectivity index (χ0v) is 16.3. The van der Waals surface area contributed by atoms with Gasteiger partial charge in [0, 0.05) is 34.6 Å². The first kappa shape index (κ1) is 23.3. The number of hydrogen-bond donors (Lipinski definition) is 0. The quantitative estimate of drug-likeness (QED) is 0.407. The lowest BCUT2D eigenvalue weighted by Crippen LogP contribution is -2.63. The van der Waals surface area contributed by atoms with Gasteiger partial charge in [0.1, 0.15) is 25.4 Å². The van der Waals surface area contributed by atoms with Gasteiger partial charge in [0.25, 0.3) is 0 Å². The molecule has 1 saturated heterocycles. The van der Waals surface area contributed by atoms with Crippen LogP contribution in [0.15, 0.2) is 0 Å². The monoisotopic (exact) mass is 404 g/mol. The molecule has 11 nitrogen and oxygen atoms in total. The molecule has 0 amide bonds. The van der Waals surface area contributed by atoms with Gasteiger partial charge in [-0.05, 0) is 0 Å². The largest absolute Gasteiger partial charge is 0.463 e. The van der Waals surface area contributed by atoms with E-state index >= 15 is 0 Å². The first-order valence-corrected chi connectivity index (χ1v) is 8.45. The molecule has 1 fully saturated rings. The molecule has 11 heteroatoms. The van der Waals surface area contributed by atoms with Gasteiger partial charge in [-0.15, -0.1) is 0 Å². The van der Waals surface area contributed by atoms with Gasteiger partial charge in [0.15, 0.2) is 18.3 Å². The fourth-order valence-electron chi connectivity index (χ4n) is 2.65. The number of hydrogen-bond acceptors (Lipinski definition) is 11. The Labute approximate surface area is 161 Å². The van der Waals surface area contributed by atoms with Crippen molar-refractivity contribution in [2.45, 2.75) is 65.1 Å². The summed E-state index contributed by atoms with van der Waals surface area (Å²) in [5, 5.41) is 0. The normalized spacial score (nSPS) is 26.5. The molecule has 5 atom stereocenters. The minimum absolute atomic E-state index is 0.339. The molecular weight excluding hydrogens is 380 g/mol. The van der Waals surface area contributed by atoms with Crippen molar-refractivity contribution >= 4 is 29.8 Å². The van der Waals surface area contributed by atoms with Crippen LogP contribution in [0.5, 0.6) is 0 Å². The number of rotatable bonds is 7. The smallest absolute Gasteiger partial charge is 0.303 e. The van der Waals surface area contributed by atoms with Crippen LogP contribution in [0.1, 0.15) is 34.6 Å².